The van der Waals surface area contributed by atoms with Gasteiger partial charge in [-0.2, -0.15) is 0 Å². The van der Waals surface area contributed by atoms with Gasteiger partial charge in [-0.1, -0.05) is 6.42 Å². The SMILES string of the molecule is CS(=O)(=O)C1CCCC(n2cnc(I)n2)C1. The van der Waals surface area contributed by atoms with E-state index >= 15 is 0 Å². The van der Waals surface area contributed by atoms with Crippen LogP contribution in [0.2, 0.25) is 0 Å². The van der Waals surface area contributed by atoms with Gasteiger partial charge in [0.05, 0.1) is 11.3 Å². The third-order valence-electron chi connectivity index (χ3n) is 3.06. The molecule has 1 aliphatic carbocycles. The second kappa shape index (κ2) is 4.59. The van der Waals surface area contributed by atoms with Gasteiger partial charge in [0.1, 0.15) is 16.2 Å². The summed E-state index contributed by atoms with van der Waals surface area (Å²) in [6, 6.07) is 0.185. The standard InChI is InChI=1S/C9H14IN3O2S/c1-16(14,15)8-4-2-3-7(5-8)13-6-11-9(10)12-13/h6-8H,2-5H2,1H3. The van der Waals surface area contributed by atoms with E-state index in [1.165, 1.54) is 6.26 Å². The summed E-state index contributed by atoms with van der Waals surface area (Å²) in [6.45, 7) is 0. The predicted molar refractivity (Wildman–Crippen MR) is 68.9 cm³/mol. The summed E-state index contributed by atoms with van der Waals surface area (Å²) in [5, 5.41) is 4.03. The van der Waals surface area contributed by atoms with Crippen LogP contribution in [0.3, 0.4) is 0 Å². The maximum atomic E-state index is 11.5. The Morgan fingerprint density at radius 3 is 2.81 bits per heavy atom. The first-order valence-electron chi connectivity index (χ1n) is 5.22. The summed E-state index contributed by atoms with van der Waals surface area (Å²) in [5.41, 5.74) is 0. The van der Waals surface area contributed by atoms with E-state index in [0.717, 1.165) is 19.3 Å². The van der Waals surface area contributed by atoms with Crippen LogP contribution < -0.4 is 0 Å². The van der Waals surface area contributed by atoms with Crippen LogP contribution >= 0.6 is 22.6 Å². The lowest BCUT2D eigenvalue weighted by atomic mass is 9.95. The molecule has 0 amide bonds. The van der Waals surface area contributed by atoms with Gasteiger partial charge in [0.15, 0.2) is 0 Å². The quantitative estimate of drug-likeness (QED) is 0.753. The van der Waals surface area contributed by atoms with Crippen LogP contribution in [0.5, 0.6) is 0 Å². The summed E-state index contributed by atoms with van der Waals surface area (Å²) < 4.78 is 25.6. The van der Waals surface area contributed by atoms with E-state index < -0.39 is 9.84 Å². The van der Waals surface area contributed by atoms with E-state index in [1.807, 2.05) is 0 Å². The molecule has 1 aromatic heterocycles. The molecule has 2 rings (SSSR count). The number of hydrogen-bond acceptors (Lipinski definition) is 4. The molecule has 0 aliphatic heterocycles. The van der Waals surface area contributed by atoms with Crippen LogP contribution in [0.4, 0.5) is 0 Å². The van der Waals surface area contributed by atoms with Crippen molar-refractivity contribution in [3.8, 4) is 0 Å². The first-order chi connectivity index (χ1) is 7.47. The predicted octanol–water partition coefficient (Wildman–Crippen LogP) is 1.41. The molecule has 0 saturated heterocycles. The fourth-order valence-corrected chi connectivity index (χ4v) is 3.72. The number of nitrogens with zero attached hydrogens (tertiary/aromatic N) is 3. The molecule has 90 valence electrons. The van der Waals surface area contributed by atoms with Gasteiger partial charge < -0.3 is 0 Å². The topological polar surface area (TPSA) is 64.8 Å². The highest BCUT2D eigenvalue weighted by Crippen LogP contribution is 2.31. The summed E-state index contributed by atoms with van der Waals surface area (Å²) in [4.78, 5) is 4.07. The zero-order valence-corrected chi connectivity index (χ0v) is 12.0. The Morgan fingerprint density at radius 2 is 2.25 bits per heavy atom. The van der Waals surface area contributed by atoms with Gasteiger partial charge in [0, 0.05) is 28.8 Å². The monoisotopic (exact) mass is 355 g/mol. The molecule has 0 spiro atoms. The molecule has 7 heteroatoms. The molecule has 2 atom stereocenters. The molecule has 1 aliphatic rings. The van der Waals surface area contributed by atoms with Crippen LogP contribution in [-0.2, 0) is 9.84 Å². The zero-order valence-electron chi connectivity index (χ0n) is 9.00. The lowest BCUT2D eigenvalue weighted by Gasteiger charge is -2.27. The Labute approximate surface area is 109 Å². The molecular weight excluding hydrogens is 341 g/mol. The maximum Gasteiger partial charge on any atom is 0.211 e. The van der Waals surface area contributed by atoms with E-state index in [4.69, 9.17) is 0 Å². The molecule has 16 heavy (non-hydrogen) atoms. The summed E-state index contributed by atoms with van der Waals surface area (Å²) in [5.74, 6) is 0. The highest BCUT2D eigenvalue weighted by atomic mass is 127. The molecule has 1 saturated carbocycles. The van der Waals surface area contributed by atoms with E-state index in [2.05, 4.69) is 32.7 Å². The van der Waals surface area contributed by atoms with Gasteiger partial charge in [-0.25, -0.2) is 18.1 Å². The second-order valence-corrected chi connectivity index (χ2v) is 7.56. The van der Waals surface area contributed by atoms with E-state index in [0.29, 0.717) is 10.3 Å². The van der Waals surface area contributed by atoms with Crippen molar-refractivity contribution in [2.24, 2.45) is 0 Å². The van der Waals surface area contributed by atoms with Gasteiger partial charge in [-0.15, -0.1) is 5.10 Å². The molecule has 1 aromatic rings. The van der Waals surface area contributed by atoms with E-state index in [9.17, 15) is 8.42 Å². The van der Waals surface area contributed by atoms with Crippen molar-refractivity contribution in [1.29, 1.82) is 0 Å². The van der Waals surface area contributed by atoms with Crippen molar-refractivity contribution in [2.75, 3.05) is 6.26 Å². The minimum absolute atomic E-state index is 0.185. The number of sulfone groups is 1. The van der Waals surface area contributed by atoms with Crippen molar-refractivity contribution in [2.45, 2.75) is 37.0 Å². The second-order valence-electron chi connectivity index (χ2n) is 4.27. The number of halogens is 1. The normalized spacial score (nSPS) is 26.9. The molecule has 2 unspecified atom stereocenters. The third kappa shape index (κ3) is 2.73. The van der Waals surface area contributed by atoms with Crippen molar-refractivity contribution in [3.05, 3.63) is 10.2 Å². The average Bonchev–Trinajstić information content (AvgIpc) is 2.64. The van der Waals surface area contributed by atoms with Gasteiger partial charge in [-0.05, 0) is 19.3 Å². The number of hydrogen-bond donors (Lipinski definition) is 0. The molecule has 1 fully saturated rings. The average molecular weight is 355 g/mol. The minimum atomic E-state index is -2.92. The zero-order chi connectivity index (χ0) is 11.8. The summed E-state index contributed by atoms with van der Waals surface area (Å²) in [7, 11) is -2.92. The van der Waals surface area contributed by atoms with Crippen molar-refractivity contribution in [3.63, 3.8) is 0 Å². The Hall–Kier alpha value is -0.180. The lowest BCUT2D eigenvalue weighted by molar-refractivity contribution is 0.328. The van der Waals surface area contributed by atoms with Crippen LogP contribution in [0, 0.1) is 3.83 Å². The minimum Gasteiger partial charge on any atom is -0.249 e. The first kappa shape index (κ1) is 12.3. The highest BCUT2D eigenvalue weighted by molar-refractivity contribution is 14.1. The number of rotatable bonds is 2. The Morgan fingerprint density at radius 1 is 1.50 bits per heavy atom. The van der Waals surface area contributed by atoms with Gasteiger partial charge in [-0.3, -0.25) is 0 Å². The van der Waals surface area contributed by atoms with Crippen molar-refractivity contribution in [1.82, 2.24) is 14.8 Å². The molecular formula is C9H14IN3O2S. The van der Waals surface area contributed by atoms with Gasteiger partial charge in [0.2, 0.25) is 3.83 Å². The first-order valence-corrected chi connectivity index (χ1v) is 8.25. The highest BCUT2D eigenvalue weighted by Gasteiger charge is 2.30. The summed E-state index contributed by atoms with van der Waals surface area (Å²) >= 11 is 2.06. The smallest absolute Gasteiger partial charge is 0.211 e. The lowest BCUT2D eigenvalue weighted by Crippen LogP contribution is -2.29. The Kier molecular flexibility index (Phi) is 3.53. The van der Waals surface area contributed by atoms with Gasteiger partial charge >= 0.3 is 0 Å². The third-order valence-corrected chi connectivity index (χ3v) is 5.19. The maximum absolute atomic E-state index is 11.5. The summed E-state index contributed by atoms with van der Waals surface area (Å²) in [6.07, 6.45) is 6.39. The largest absolute Gasteiger partial charge is 0.249 e. The fourth-order valence-electron chi connectivity index (χ4n) is 2.18. The molecule has 5 nitrogen and oxygen atoms in total. The molecule has 0 bridgehead atoms. The van der Waals surface area contributed by atoms with Crippen LogP contribution in [0.25, 0.3) is 0 Å². The van der Waals surface area contributed by atoms with Crippen molar-refractivity contribution >= 4 is 32.4 Å². The molecule has 0 N–H and O–H groups in total. The molecule has 0 aromatic carbocycles. The Balaban J connectivity index is 2.13. The number of aromatic nitrogens is 3. The van der Waals surface area contributed by atoms with Crippen LogP contribution in [0.15, 0.2) is 6.33 Å². The van der Waals surface area contributed by atoms with Gasteiger partial charge in [0.25, 0.3) is 0 Å². The van der Waals surface area contributed by atoms with Crippen LogP contribution in [0.1, 0.15) is 31.7 Å². The fraction of sp³-hybridized carbons (Fsp3) is 0.778. The Bertz CT molecular complexity index is 471. The molecule has 0 radical (unpaired) electrons. The van der Waals surface area contributed by atoms with Crippen molar-refractivity contribution < 1.29 is 8.42 Å². The van der Waals surface area contributed by atoms with E-state index in [-0.39, 0.29) is 11.3 Å². The van der Waals surface area contributed by atoms with Crippen LogP contribution in [-0.4, -0.2) is 34.7 Å². The van der Waals surface area contributed by atoms with E-state index in [1.54, 1.807) is 11.0 Å². The molecule has 1 heterocycles.